The minimum Gasteiger partial charge on any atom is -0.463 e. The first kappa shape index (κ1) is 19.5. The third-order valence-corrected chi connectivity index (χ3v) is 4.67. The van der Waals surface area contributed by atoms with E-state index in [4.69, 9.17) is 16.0 Å². The second-order valence-corrected chi connectivity index (χ2v) is 6.83. The van der Waals surface area contributed by atoms with Gasteiger partial charge in [0.25, 0.3) is 11.8 Å². The van der Waals surface area contributed by atoms with E-state index in [0.717, 1.165) is 5.69 Å². The third-order valence-electron chi connectivity index (χ3n) is 4.42. The number of nitrogens with zero attached hydrogens (tertiary/aromatic N) is 2. The van der Waals surface area contributed by atoms with E-state index >= 15 is 0 Å². The van der Waals surface area contributed by atoms with Crippen LogP contribution in [-0.2, 0) is 0 Å². The van der Waals surface area contributed by atoms with Gasteiger partial charge >= 0.3 is 0 Å². The Bertz CT molecular complexity index is 1180. The molecule has 0 atom stereocenters. The fourth-order valence-corrected chi connectivity index (χ4v) is 3.04. The molecule has 0 bridgehead atoms. The average Bonchev–Trinajstić information content (AvgIpc) is 3.44. The summed E-state index contributed by atoms with van der Waals surface area (Å²) in [5, 5.41) is 10.4. The smallest absolute Gasteiger partial charge is 0.276 e. The highest BCUT2D eigenvalue weighted by Crippen LogP contribution is 2.26. The third kappa shape index (κ3) is 3.97. The van der Waals surface area contributed by atoms with Gasteiger partial charge in [0, 0.05) is 29.4 Å². The van der Waals surface area contributed by atoms with Crippen molar-refractivity contribution in [1.29, 1.82) is 0 Å². The molecule has 0 saturated heterocycles. The van der Waals surface area contributed by atoms with Crippen molar-refractivity contribution in [2.75, 3.05) is 12.4 Å². The molecule has 0 radical (unpaired) electrons. The molecular weight excluding hydrogens is 404 g/mol. The molecule has 4 rings (SSSR count). The largest absolute Gasteiger partial charge is 0.463 e. The molecule has 0 saturated carbocycles. The molecule has 7 nitrogen and oxygen atoms in total. The van der Waals surface area contributed by atoms with Gasteiger partial charge in [-0.25, -0.2) is 4.68 Å². The van der Waals surface area contributed by atoms with Crippen molar-refractivity contribution in [2.45, 2.75) is 0 Å². The van der Waals surface area contributed by atoms with Crippen molar-refractivity contribution in [2.24, 2.45) is 0 Å². The Kier molecular flexibility index (Phi) is 5.36. The van der Waals surface area contributed by atoms with E-state index in [1.165, 1.54) is 0 Å². The quantitative estimate of drug-likeness (QED) is 0.501. The predicted octanol–water partition coefficient (Wildman–Crippen LogP) is 4.40. The molecule has 30 heavy (non-hydrogen) atoms. The maximum Gasteiger partial charge on any atom is 0.276 e. The number of aromatic nitrogens is 2. The summed E-state index contributed by atoms with van der Waals surface area (Å²) in [5.74, 6) is -0.00711. The van der Waals surface area contributed by atoms with Crippen molar-refractivity contribution >= 4 is 29.1 Å². The Morgan fingerprint density at radius 3 is 2.37 bits per heavy atom. The first-order valence-corrected chi connectivity index (χ1v) is 9.46. The first-order chi connectivity index (χ1) is 14.5. The fraction of sp³-hybridized carbons (Fsp3) is 0.0455. The van der Waals surface area contributed by atoms with E-state index in [0.29, 0.717) is 27.7 Å². The number of rotatable bonds is 5. The summed E-state index contributed by atoms with van der Waals surface area (Å²) >= 11 is 5.99. The number of hydrogen-bond acceptors (Lipinski definition) is 4. The van der Waals surface area contributed by atoms with Gasteiger partial charge in [-0.05, 0) is 60.7 Å². The lowest BCUT2D eigenvalue weighted by molar-refractivity contribution is 0.0962. The topological polar surface area (TPSA) is 89.2 Å². The molecule has 2 heterocycles. The van der Waals surface area contributed by atoms with Crippen LogP contribution in [0.1, 0.15) is 20.8 Å². The molecule has 0 spiro atoms. The normalized spacial score (nSPS) is 10.6. The number of furan rings is 1. The molecule has 2 aromatic heterocycles. The van der Waals surface area contributed by atoms with Crippen LogP contribution in [0.3, 0.4) is 0 Å². The Morgan fingerprint density at radius 1 is 1.00 bits per heavy atom. The Labute approximate surface area is 177 Å². The number of nitrogens with one attached hydrogen (secondary N) is 2. The first-order valence-electron chi connectivity index (χ1n) is 9.08. The molecule has 2 amide bonds. The fourth-order valence-electron chi connectivity index (χ4n) is 2.92. The van der Waals surface area contributed by atoms with Gasteiger partial charge in [0.05, 0.1) is 12.0 Å². The summed E-state index contributed by atoms with van der Waals surface area (Å²) in [6.45, 7) is 0. The summed E-state index contributed by atoms with van der Waals surface area (Å²) < 4.78 is 7.13. The number of amides is 2. The van der Waals surface area contributed by atoms with Crippen molar-refractivity contribution in [3.8, 4) is 17.1 Å². The SMILES string of the molecule is CNC(=O)c1ccc(NC(=O)c2cc(-c3ccco3)n(-c3ccc(Cl)cc3)n2)cc1. The molecule has 8 heteroatoms. The van der Waals surface area contributed by atoms with Crippen LogP contribution in [0.4, 0.5) is 5.69 Å². The summed E-state index contributed by atoms with van der Waals surface area (Å²) in [6.07, 6.45) is 1.56. The second-order valence-electron chi connectivity index (χ2n) is 6.39. The number of carbonyl (C=O) groups is 2. The molecule has 0 unspecified atom stereocenters. The van der Waals surface area contributed by atoms with Crippen LogP contribution in [0.15, 0.2) is 77.4 Å². The van der Waals surface area contributed by atoms with Gasteiger partial charge in [-0.3, -0.25) is 9.59 Å². The van der Waals surface area contributed by atoms with Crippen molar-refractivity contribution in [1.82, 2.24) is 15.1 Å². The van der Waals surface area contributed by atoms with Crippen LogP contribution in [0.25, 0.3) is 17.1 Å². The number of benzene rings is 2. The number of carbonyl (C=O) groups excluding carboxylic acids is 2. The van der Waals surface area contributed by atoms with Crippen molar-refractivity contribution < 1.29 is 14.0 Å². The van der Waals surface area contributed by atoms with Crippen LogP contribution in [-0.4, -0.2) is 28.6 Å². The van der Waals surface area contributed by atoms with E-state index in [2.05, 4.69) is 15.7 Å². The summed E-state index contributed by atoms with van der Waals surface area (Å²) in [7, 11) is 1.56. The van der Waals surface area contributed by atoms with Gasteiger partial charge in [0.15, 0.2) is 11.5 Å². The van der Waals surface area contributed by atoms with E-state index < -0.39 is 0 Å². The summed E-state index contributed by atoms with van der Waals surface area (Å²) in [4.78, 5) is 24.4. The Balaban J connectivity index is 1.64. The van der Waals surface area contributed by atoms with E-state index in [-0.39, 0.29) is 17.5 Å². The Hall–Kier alpha value is -3.84. The van der Waals surface area contributed by atoms with Gasteiger partial charge in [-0.1, -0.05) is 11.6 Å². The second kappa shape index (κ2) is 8.26. The van der Waals surface area contributed by atoms with Gasteiger partial charge in [0.1, 0.15) is 5.69 Å². The molecule has 150 valence electrons. The molecular formula is C22H17ClN4O3. The summed E-state index contributed by atoms with van der Waals surface area (Å²) in [6, 6.07) is 18.9. The highest BCUT2D eigenvalue weighted by atomic mass is 35.5. The molecule has 0 aliphatic carbocycles. The zero-order chi connectivity index (χ0) is 21.1. The lowest BCUT2D eigenvalue weighted by Gasteiger charge is -2.06. The van der Waals surface area contributed by atoms with Crippen LogP contribution in [0, 0.1) is 0 Å². The minimum atomic E-state index is -0.386. The van der Waals surface area contributed by atoms with Gasteiger partial charge in [-0.15, -0.1) is 0 Å². The van der Waals surface area contributed by atoms with Crippen LogP contribution in [0.2, 0.25) is 5.02 Å². The van der Waals surface area contributed by atoms with Gasteiger partial charge in [0.2, 0.25) is 0 Å². The maximum atomic E-state index is 12.8. The number of anilines is 1. The Morgan fingerprint density at radius 2 is 1.73 bits per heavy atom. The monoisotopic (exact) mass is 420 g/mol. The number of halogens is 1. The molecule has 0 fully saturated rings. The van der Waals surface area contributed by atoms with Crippen LogP contribution < -0.4 is 10.6 Å². The predicted molar refractivity (Wildman–Crippen MR) is 114 cm³/mol. The molecule has 2 aromatic carbocycles. The lowest BCUT2D eigenvalue weighted by Crippen LogP contribution is -2.18. The highest BCUT2D eigenvalue weighted by Gasteiger charge is 2.18. The zero-order valence-electron chi connectivity index (χ0n) is 15.9. The van der Waals surface area contributed by atoms with E-state index in [9.17, 15) is 9.59 Å². The van der Waals surface area contributed by atoms with Crippen molar-refractivity contribution in [3.63, 3.8) is 0 Å². The highest BCUT2D eigenvalue weighted by molar-refractivity contribution is 6.30. The van der Waals surface area contributed by atoms with Crippen LogP contribution in [0.5, 0.6) is 0 Å². The molecule has 4 aromatic rings. The average molecular weight is 421 g/mol. The standard InChI is InChI=1S/C22H17ClN4O3/c1-24-21(28)14-4-8-16(9-5-14)25-22(29)18-13-19(20-3-2-12-30-20)27(26-18)17-10-6-15(23)7-11-17/h2-13H,1H3,(H,24,28)(H,25,29). The minimum absolute atomic E-state index is 0.197. The number of hydrogen-bond donors (Lipinski definition) is 2. The van der Waals surface area contributed by atoms with Gasteiger partial charge in [-0.2, -0.15) is 5.10 Å². The van der Waals surface area contributed by atoms with Crippen LogP contribution >= 0.6 is 11.6 Å². The van der Waals surface area contributed by atoms with Crippen molar-refractivity contribution in [3.05, 3.63) is 89.3 Å². The van der Waals surface area contributed by atoms with E-state index in [1.807, 2.05) is 0 Å². The lowest BCUT2D eigenvalue weighted by atomic mass is 10.2. The van der Waals surface area contributed by atoms with Gasteiger partial charge < -0.3 is 15.1 Å². The molecule has 0 aliphatic heterocycles. The molecule has 0 aliphatic rings. The summed E-state index contributed by atoms with van der Waals surface area (Å²) in [5.41, 5.74) is 2.63. The van der Waals surface area contributed by atoms with E-state index in [1.54, 1.807) is 84.7 Å². The molecule has 2 N–H and O–H groups in total. The zero-order valence-corrected chi connectivity index (χ0v) is 16.7. The maximum absolute atomic E-state index is 12.8.